The van der Waals surface area contributed by atoms with E-state index in [9.17, 15) is 4.79 Å². The number of benzene rings is 2. The first kappa shape index (κ1) is 22.9. The van der Waals surface area contributed by atoms with Gasteiger partial charge in [0, 0.05) is 31.5 Å². The van der Waals surface area contributed by atoms with E-state index in [1.807, 2.05) is 31.2 Å². The number of hydrogen-bond acceptors (Lipinski definition) is 7. The van der Waals surface area contributed by atoms with E-state index in [-0.39, 0.29) is 12.8 Å². The lowest BCUT2D eigenvalue weighted by molar-refractivity contribution is 0.173. The highest BCUT2D eigenvalue weighted by atomic mass is 16.7. The number of carbonyl (C=O) groups is 1. The van der Waals surface area contributed by atoms with Crippen molar-refractivity contribution in [2.24, 2.45) is 0 Å². The molecule has 2 aliphatic rings. The first-order valence-electron chi connectivity index (χ1n) is 11.5. The highest BCUT2D eigenvalue weighted by molar-refractivity contribution is 5.87. The Morgan fingerprint density at radius 1 is 1.09 bits per heavy atom. The highest BCUT2D eigenvalue weighted by Gasteiger charge is 2.35. The molecule has 3 aromatic rings. The second-order valence-electron chi connectivity index (χ2n) is 8.71. The number of aromatic nitrogens is 2. The van der Waals surface area contributed by atoms with Gasteiger partial charge in [-0.2, -0.15) is 4.98 Å². The molecule has 182 valence electrons. The second-order valence-corrected chi connectivity index (χ2v) is 8.71. The molecule has 2 aromatic carbocycles. The van der Waals surface area contributed by atoms with E-state index in [0.717, 1.165) is 28.0 Å². The predicted octanol–water partition coefficient (Wildman–Crippen LogP) is 4.62. The van der Waals surface area contributed by atoms with Crippen LogP contribution in [0, 0.1) is 13.8 Å². The van der Waals surface area contributed by atoms with Crippen LogP contribution in [-0.4, -0.2) is 48.1 Å². The van der Waals surface area contributed by atoms with Crippen molar-refractivity contribution < 1.29 is 23.5 Å². The Kier molecular flexibility index (Phi) is 6.17. The maximum Gasteiger partial charge on any atom is 0.322 e. The van der Waals surface area contributed by atoms with Crippen LogP contribution in [0.4, 0.5) is 4.79 Å². The molecule has 9 nitrogen and oxygen atoms in total. The smallest absolute Gasteiger partial charge is 0.322 e. The van der Waals surface area contributed by atoms with Crippen molar-refractivity contribution >= 4 is 11.6 Å². The van der Waals surface area contributed by atoms with Gasteiger partial charge in [-0.1, -0.05) is 23.4 Å². The summed E-state index contributed by atoms with van der Waals surface area (Å²) < 4.78 is 21.8. The van der Waals surface area contributed by atoms with E-state index in [4.69, 9.17) is 23.7 Å². The van der Waals surface area contributed by atoms with E-state index in [1.54, 1.807) is 12.0 Å². The summed E-state index contributed by atoms with van der Waals surface area (Å²) in [6.45, 7) is 7.30. The third kappa shape index (κ3) is 4.35. The largest absolute Gasteiger partial charge is 0.454 e. The summed E-state index contributed by atoms with van der Waals surface area (Å²) in [4.78, 5) is 19.5. The number of amides is 2. The molecular formula is C26H28N4O5. The maximum atomic E-state index is 13.1. The molecule has 0 bridgehead atoms. The van der Waals surface area contributed by atoms with E-state index < -0.39 is 6.04 Å². The molecule has 1 aromatic heterocycles. The van der Waals surface area contributed by atoms with Crippen LogP contribution >= 0.6 is 0 Å². The molecule has 1 unspecified atom stereocenters. The molecule has 5 rings (SSSR count). The number of methoxy groups -OCH3 is 1. The van der Waals surface area contributed by atoms with Gasteiger partial charge >= 0.3 is 6.03 Å². The van der Waals surface area contributed by atoms with Crippen LogP contribution in [0.2, 0.25) is 0 Å². The minimum Gasteiger partial charge on any atom is -0.454 e. The first-order valence-corrected chi connectivity index (χ1v) is 11.5. The van der Waals surface area contributed by atoms with E-state index >= 15 is 0 Å². The van der Waals surface area contributed by atoms with Gasteiger partial charge in [0.25, 0.3) is 5.89 Å². The number of fused-ring (bicyclic) bond motifs is 1. The Bertz CT molecular complexity index is 1300. The summed E-state index contributed by atoms with van der Waals surface area (Å²) in [6.07, 6.45) is 0.703. The van der Waals surface area contributed by atoms with Crippen molar-refractivity contribution in [3.05, 3.63) is 64.7 Å². The van der Waals surface area contributed by atoms with Crippen LogP contribution in [0.15, 0.2) is 46.6 Å². The molecule has 1 N–H and O–H groups in total. The molecule has 0 aliphatic carbocycles. The fraction of sp³-hybridized carbons (Fsp3) is 0.346. The zero-order valence-corrected chi connectivity index (χ0v) is 20.3. The summed E-state index contributed by atoms with van der Waals surface area (Å²) in [5.41, 5.74) is 5.57. The lowest BCUT2D eigenvalue weighted by Crippen LogP contribution is -2.46. The fourth-order valence-corrected chi connectivity index (χ4v) is 4.37. The number of nitrogens with zero attached hydrogens (tertiary/aromatic N) is 3. The third-order valence-electron chi connectivity index (χ3n) is 6.48. The number of urea groups is 1. The number of aryl methyl sites for hydroxylation is 2. The Hall–Kier alpha value is -3.85. The van der Waals surface area contributed by atoms with Gasteiger partial charge in [0.1, 0.15) is 0 Å². The van der Waals surface area contributed by atoms with Crippen LogP contribution in [0.5, 0.6) is 11.5 Å². The molecule has 0 radical (unpaired) electrons. The quantitative estimate of drug-likeness (QED) is 0.497. The summed E-state index contributed by atoms with van der Waals surface area (Å²) in [7, 11) is 1.65. The molecule has 3 heterocycles. The van der Waals surface area contributed by atoms with Gasteiger partial charge in [-0.15, -0.1) is 0 Å². The number of hydrogen-bond donors (Lipinski definition) is 1. The van der Waals surface area contributed by atoms with Crippen LogP contribution in [0.1, 0.15) is 42.0 Å². The maximum absolute atomic E-state index is 13.1. The van der Waals surface area contributed by atoms with Gasteiger partial charge in [-0.25, -0.2) is 4.79 Å². The number of carbonyl (C=O) groups excluding carboxylic acids is 1. The molecule has 0 fully saturated rings. The molecule has 1 atom stereocenters. The van der Waals surface area contributed by atoms with E-state index in [2.05, 4.69) is 36.5 Å². The Morgan fingerprint density at radius 3 is 2.71 bits per heavy atom. The number of rotatable bonds is 7. The number of allylic oxidation sites excluding steroid dienone is 1. The van der Waals surface area contributed by atoms with Crippen LogP contribution in [0.25, 0.3) is 17.0 Å². The summed E-state index contributed by atoms with van der Waals surface area (Å²) in [5, 5.41) is 7.38. The van der Waals surface area contributed by atoms with E-state index in [1.165, 1.54) is 5.56 Å². The van der Waals surface area contributed by atoms with Crippen LogP contribution < -0.4 is 14.8 Å². The number of ether oxygens (including phenoxy) is 3. The monoisotopic (exact) mass is 476 g/mol. The first-order chi connectivity index (χ1) is 17.0. The molecule has 2 aliphatic heterocycles. The molecule has 0 saturated carbocycles. The second kappa shape index (κ2) is 9.42. The molecule has 2 amide bonds. The lowest BCUT2D eigenvalue weighted by atomic mass is 9.92. The molecule has 0 spiro atoms. The Labute approximate surface area is 203 Å². The van der Waals surface area contributed by atoms with Crippen LogP contribution in [-0.2, 0) is 4.74 Å². The van der Waals surface area contributed by atoms with E-state index in [0.29, 0.717) is 42.8 Å². The summed E-state index contributed by atoms with van der Waals surface area (Å²) >= 11 is 0. The van der Waals surface area contributed by atoms with Gasteiger partial charge < -0.3 is 24.1 Å². The fourth-order valence-electron chi connectivity index (χ4n) is 4.37. The topological polar surface area (TPSA) is 99.0 Å². The third-order valence-corrected chi connectivity index (χ3v) is 6.48. The standard InChI is InChI=1S/C26H28N4O5/c1-15-6-7-18(12-16(15)2)23-22(17(3)30(26(31)27-23)10-5-11-32-4)25-28-24(29-35-25)19-8-9-20-21(13-19)34-14-33-20/h6-9,12-13,23H,5,10-11,14H2,1-4H3,(H,27,31). The van der Waals surface area contributed by atoms with Crippen molar-refractivity contribution in [1.82, 2.24) is 20.4 Å². The van der Waals surface area contributed by atoms with Crippen molar-refractivity contribution in [1.29, 1.82) is 0 Å². The van der Waals surface area contributed by atoms with Crippen molar-refractivity contribution in [3.8, 4) is 22.9 Å². The van der Waals surface area contributed by atoms with Gasteiger partial charge in [0.05, 0.1) is 11.6 Å². The summed E-state index contributed by atoms with van der Waals surface area (Å²) in [6, 6.07) is 11.1. The van der Waals surface area contributed by atoms with Gasteiger partial charge in [-0.3, -0.25) is 4.90 Å². The molecule has 0 saturated heterocycles. The predicted molar refractivity (Wildman–Crippen MR) is 129 cm³/mol. The van der Waals surface area contributed by atoms with Gasteiger partial charge in [0.15, 0.2) is 11.5 Å². The lowest BCUT2D eigenvalue weighted by Gasteiger charge is -2.35. The summed E-state index contributed by atoms with van der Waals surface area (Å²) in [5.74, 6) is 2.12. The highest BCUT2D eigenvalue weighted by Crippen LogP contribution is 2.39. The number of nitrogens with one attached hydrogen (secondary N) is 1. The molecular weight excluding hydrogens is 448 g/mol. The molecule has 35 heavy (non-hydrogen) atoms. The Balaban J connectivity index is 1.56. The molecule has 9 heteroatoms. The van der Waals surface area contributed by atoms with Crippen LogP contribution in [0.3, 0.4) is 0 Å². The van der Waals surface area contributed by atoms with Gasteiger partial charge in [-0.05, 0) is 62.1 Å². The Morgan fingerprint density at radius 2 is 1.91 bits per heavy atom. The SMILES string of the molecule is COCCCN1C(=O)NC(c2ccc(C)c(C)c2)C(c2nc(-c3ccc4c(c3)OCO4)no2)=C1C. The average molecular weight is 477 g/mol. The normalized spacial score (nSPS) is 17.2. The van der Waals surface area contributed by atoms with Crippen molar-refractivity contribution in [3.63, 3.8) is 0 Å². The average Bonchev–Trinajstić information content (AvgIpc) is 3.52. The minimum atomic E-state index is -0.425. The minimum absolute atomic E-state index is 0.166. The van der Waals surface area contributed by atoms with Crippen molar-refractivity contribution in [2.75, 3.05) is 27.1 Å². The van der Waals surface area contributed by atoms with Crippen molar-refractivity contribution in [2.45, 2.75) is 33.2 Å². The van der Waals surface area contributed by atoms with Gasteiger partial charge in [0.2, 0.25) is 12.6 Å². The zero-order valence-electron chi connectivity index (χ0n) is 20.3. The zero-order chi connectivity index (χ0) is 24.5.